The predicted molar refractivity (Wildman–Crippen MR) is 218 cm³/mol. The third-order valence-electron chi connectivity index (χ3n) is 13.0. The number of hydrogen-bond donors (Lipinski definition) is 0. The van der Waals surface area contributed by atoms with Crippen LogP contribution in [-0.4, -0.2) is 6.85 Å². The number of anilines is 5. The van der Waals surface area contributed by atoms with Crippen LogP contribution >= 0.6 is 0 Å². The summed E-state index contributed by atoms with van der Waals surface area (Å²) in [6.07, 6.45) is 2.38. The second kappa shape index (κ2) is 10.3. The van der Waals surface area contributed by atoms with E-state index in [1.807, 2.05) is 0 Å². The topological polar surface area (TPSA) is 6.48 Å². The number of aryl methyl sites for hydroxylation is 1. The van der Waals surface area contributed by atoms with Gasteiger partial charge in [-0.2, -0.15) is 0 Å². The lowest BCUT2D eigenvalue weighted by molar-refractivity contribution is 0.332. The van der Waals surface area contributed by atoms with Gasteiger partial charge >= 0.3 is 6.85 Å². The van der Waals surface area contributed by atoms with Crippen LogP contribution in [0.25, 0.3) is 22.3 Å². The molecule has 0 aromatic heterocycles. The fourth-order valence-corrected chi connectivity index (χ4v) is 10.1. The molecule has 0 unspecified atom stereocenters. The lowest BCUT2D eigenvalue weighted by Gasteiger charge is -2.51. The van der Waals surface area contributed by atoms with Crippen molar-refractivity contribution in [3.63, 3.8) is 0 Å². The van der Waals surface area contributed by atoms with E-state index in [1.165, 1.54) is 102 Å². The summed E-state index contributed by atoms with van der Waals surface area (Å²) >= 11 is 0. The van der Waals surface area contributed by atoms with E-state index in [2.05, 4.69) is 180 Å². The van der Waals surface area contributed by atoms with Crippen molar-refractivity contribution >= 4 is 46.2 Å². The predicted octanol–water partition coefficient (Wildman–Crippen LogP) is 11.4. The van der Waals surface area contributed by atoms with Crippen molar-refractivity contribution in [2.45, 2.75) is 77.6 Å². The Morgan fingerprint density at radius 3 is 1.96 bits per heavy atom. The van der Waals surface area contributed by atoms with Gasteiger partial charge in [0.05, 0.1) is 5.69 Å². The third-order valence-corrected chi connectivity index (χ3v) is 13.0. The Hall–Kier alpha value is -5.02. The maximum absolute atomic E-state index is 2.69. The normalized spacial score (nSPS) is 17.9. The molecule has 6 aromatic carbocycles. The molecule has 0 bridgehead atoms. The van der Waals surface area contributed by atoms with Crippen molar-refractivity contribution < 1.29 is 0 Å². The Bertz CT molecular complexity index is 2430. The maximum atomic E-state index is 2.69. The molecule has 0 saturated carbocycles. The zero-order valence-electron chi connectivity index (χ0n) is 30.9. The molecule has 0 atom stereocenters. The highest BCUT2D eigenvalue weighted by atomic mass is 15.2. The lowest BCUT2D eigenvalue weighted by atomic mass is 9.42. The van der Waals surface area contributed by atoms with E-state index in [1.54, 1.807) is 0 Å². The first-order valence-corrected chi connectivity index (χ1v) is 18.8. The Labute approximate surface area is 303 Å². The molecule has 250 valence electrons. The van der Waals surface area contributed by atoms with Gasteiger partial charge in [-0.15, -0.1) is 0 Å². The summed E-state index contributed by atoms with van der Waals surface area (Å²) < 4.78 is 0. The first-order chi connectivity index (χ1) is 24.5. The molecular formula is C48H45BN2. The Morgan fingerprint density at radius 2 is 1.20 bits per heavy atom. The quantitative estimate of drug-likeness (QED) is 0.171. The van der Waals surface area contributed by atoms with Gasteiger partial charge in [-0.1, -0.05) is 120 Å². The van der Waals surface area contributed by atoms with Gasteiger partial charge in [-0.3, -0.25) is 0 Å². The Kier molecular flexibility index (Phi) is 6.21. The minimum Gasteiger partial charge on any atom is -0.376 e. The molecule has 0 saturated heterocycles. The van der Waals surface area contributed by atoms with Crippen LogP contribution < -0.4 is 20.6 Å². The van der Waals surface area contributed by atoms with Gasteiger partial charge < -0.3 is 9.71 Å². The number of fused-ring (bicyclic) bond motifs is 7. The molecule has 0 fully saturated rings. The molecule has 6 aromatic rings. The smallest absolute Gasteiger partial charge is 0.333 e. The van der Waals surface area contributed by atoms with Crippen LogP contribution in [-0.2, 0) is 16.2 Å². The number of para-hydroxylation sites is 3. The lowest BCUT2D eigenvalue weighted by Crippen LogP contribution is -2.62. The van der Waals surface area contributed by atoms with Crippen molar-refractivity contribution in [3.05, 3.63) is 149 Å². The van der Waals surface area contributed by atoms with E-state index in [4.69, 9.17) is 0 Å². The molecule has 1 aliphatic carbocycles. The summed E-state index contributed by atoms with van der Waals surface area (Å²) in [7, 11) is 0. The summed E-state index contributed by atoms with van der Waals surface area (Å²) in [5.74, 6) is 0. The fraction of sp³-hybridized carbons (Fsp3) is 0.250. The molecular weight excluding hydrogens is 615 g/mol. The maximum Gasteiger partial charge on any atom is 0.333 e. The van der Waals surface area contributed by atoms with Crippen LogP contribution in [0.2, 0.25) is 0 Å². The van der Waals surface area contributed by atoms with Crippen LogP contribution in [0, 0.1) is 6.92 Å². The fourth-order valence-electron chi connectivity index (χ4n) is 10.1. The Balaban J connectivity index is 1.39. The first kappa shape index (κ1) is 30.8. The average Bonchev–Trinajstić information content (AvgIpc) is 3.13. The summed E-state index contributed by atoms with van der Waals surface area (Å²) in [4.78, 5) is 5.31. The van der Waals surface area contributed by atoms with Crippen LogP contribution in [0.1, 0.15) is 82.2 Å². The van der Waals surface area contributed by atoms with Gasteiger partial charge in [-0.25, -0.2) is 0 Å². The van der Waals surface area contributed by atoms with Crippen LogP contribution in [0.4, 0.5) is 28.4 Å². The summed E-state index contributed by atoms with van der Waals surface area (Å²) in [6.45, 7) is 16.9. The molecule has 2 nitrogen and oxygen atoms in total. The monoisotopic (exact) mass is 660 g/mol. The van der Waals surface area contributed by atoms with Gasteiger partial charge in [0, 0.05) is 33.7 Å². The summed E-state index contributed by atoms with van der Waals surface area (Å²) in [6, 6.07) is 46.5. The van der Waals surface area contributed by atoms with E-state index in [-0.39, 0.29) is 23.1 Å². The van der Waals surface area contributed by atoms with E-state index >= 15 is 0 Å². The highest BCUT2D eigenvalue weighted by Gasteiger charge is 2.50. The van der Waals surface area contributed by atoms with Gasteiger partial charge in [0.15, 0.2) is 0 Å². The largest absolute Gasteiger partial charge is 0.376 e. The molecule has 10 rings (SSSR count). The van der Waals surface area contributed by atoms with Gasteiger partial charge in [0.1, 0.15) is 0 Å². The summed E-state index contributed by atoms with van der Waals surface area (Å²) in [5.41, 5.74) is 21.6. The number of hydrogen-bond acceptors (Lipinski definition) is 2. The third kappa shape index (κ3) is 4.12. The van der Waals surface area contributed by atoms with Crippen molar-refractivity contribution in [3.8, 4) is 22.3 Å². The van der Waals surface area contributed by atoms with E-state index in [9.17, 15) is 0 Å². The minimum absolute atomic E-state index is 0.0147. The Morgan fingerprint density at radius 1 is 0.529 bits per heavy atom. The van der Waals surface area contributed by atoms with Crippen LogP contribution in [0.3, 0.4) is 0 Å². The molecule has 0 N–H and O–H groups in total. The van der Waals surface area contributed by atoms with Gasteiger partial charge in [-0.05, 0) is 128 Å². The number of rotatable bonds is 2. The molecule has 4 aliphatic rings. The van der Waals surface area contributed by atoms with Gasteiger partial charge in [0.25, 0.3) is 0 Å². The number of nitrogens with zero attached hydrogens (tertiary/aromatic N) is 2. The number of benzene rings is 6. The molecule has 3 heterocycles. The zero-order valence-corrected chi connectivity index (χ0v) is 30.9. The molecule has 3 heteroatoms. The minimum atomic E-state index is -0.148. The molecule has 0 amide bonds. The van der Waals surface area contributed by atoms with E-state index in [0.29, 0.717) is 0 Å². The van der Waals surface area contributed by atoms with Gasteiger partial charge in [0.2, 0.25) is 0 Å². The van der Waals surface area contributed by atoms with Crippen LogP contribution in [0.15, 0.2) is 121 Å². The van der Waals surface area contributed by atoms with Crippen molar-refractivity contribution in [2.75, 3.05) is 9.71 Å². The SMILES string of the molecule is Cc1ccccc1-c1cc2c3c(c1)N1c4ccccc4C(C)(C)c4cccc(c41)B3N(c1ccccc1)c1cc3c(cc1-2)C(C)(C)CCC3(C)C. The highest BCUT2D eigenvalue weighted by Crippen LogP contribution is 2.57. The van der Waals surface area contributed by atoms with Crippen LogP contribution in [0.5, 0.6) is 0 Å². The summed E-state index contributed by atoms with van der Waals surface area (Å²) in [5, 5.41) is 0. The molecule has 3 aliphatic heterocycles. The van der Waals surface area contributed by atoms with Crippen molar-refractivity contribution in [2.24, 2.45) is 0 Å². The van der Waals surface area contributed by atoms with Crippen molar-refractivity contribution in [1.82, 2.24) is 0 Å². The molecule has 0 spiro atoms. The molecule has 0 radical (unpaired) electrons. The highest BCUT2D eigenvalue weighted by molar-refractivity contribution is 6.93. The zero-order chi connectivity index (χ0) is 35.0. The van der Waals surface area contributed by atoms with E-state index < -0.39 is 0 Å². The first-order valence-electron chi connectivity index (χ1n) is 18.8. The van der Waals surface area contributed by atoms with E-state index in [0.717, 1.165) is 0 Å². The standard InChI is InChI=1S/C48H45BN2/c1-30-16-11-12-19-33(30)31-26-35-34-28-38-39(47(4,5)25-24-46(38,2)3)29-42(34)51(32-17-9-8-10-18-32)49-40-22-15-21-37-45(40)50(43(27-31)44(35)49)41-23-14-13-20-36(41)48(37,6)7/h8-23,26-29H,24-25H2,1-7H3. The van der Waals surface area contributed by atoms with Crippen molar-refractivity contribution in [1.29, 1.82) is 0 Å². The second-order valence-electron chi connectivity index (χ2n) is 17.3. The molecule has 51 heavy (non-hydrogen) atoms. The second-order valence-corrected chi connectivity index (χ2v) is 17.3. The average molecular weight is 661 g/mol.